The molecule has 0 aliphatic rings. The number of hydrogen-bond donors (Lipinski definition) is 2. The highest BCUT2D eigenvalue weighted by molar-refractivity contribution is 6.60. The zero-order valence-electron chi connectivity index (χ0n) is 10.4. The van der Waals surface area contributed by atoms with Gasteiger partial charge in [-0.05, 0) is 26.8 Å². The fourth-order valence-corrected chi connectivity index (χ4v) is 2.62. The molecule has 0 aromatic rings. The molecular formula is C9H25NO4Si. The molecule has 15 heavy (non-hydrogen) atoms. The number of rotatable bonds is 6. The van der Waals surface area contributed by atoms with Crippen molar-refractivity contribution in [2.75, 3.05) is 27.9 Å². The predicted molar refractivity (Wildman–Crippen MR) is 62.6 cm³/mol. The van der Waals surface area contributed by atoms with Crippen LogP contribution >= 0.6 is 0 Å². The minimum atomic E-state index is -2.32. The van der Waals surface area contributed by atoms with Crippen LogP contribution in [0.1, 0.15) is 20.3 Å². The van der Waals surface area contributed by atoms with Gasteiger partial charge in [-0.2, -0.15) is 0 Å². The summed E-state index contributed by atoms with van der Waals surface area (Å²) < 4.78 is 15.5. The zero-order chi connectivity index (χ0) is 12.3. The second-order valence-electron chi connectivity index (χ2n) is 3.28. The van der Waals surface area contributed by atoms with E-state index >= 15 is 0 Å². The van der Waals surface area contributed by atoms with Crippen LogP contribution in [0.25, 0.3) is 0 Å². The third kappa shape index (κ3) is 10.3. The number of hydrogen-bond acceptors (Lipinski definition) is 5. The van der Waals surface area contributed by atoms with Crippen LogP contribution < -0.4 is 5.73 Å². The van der Waals surface area contributed by atoms with E-state index in [0.29, 0.717) is 6.54 Å². The first kappa shape index (κ1) is 17.4. The summed E-state index contributed by atoms with van der Waals surface area (Å²) in [4.78, 5) is 0. The first-order valence-electron chi connectivity index (χ1n) is 5.01. The van der Waals surface area contributed by atoms with Crippen molar-refractivity contribution in [2.45, 2.75) is 32.4 Å². The van der Waals surface area contributed by atoms with Gasteiger partial charge in [-0.3, -0.25) is 0 Å². The lowest BCUT2D eigenvalue weighted by atomic mass is 10.5. The van der Waals surface area contributed by atoms with Gasteiger partial charge in [0.25, 0.3) is 0 Å². The van der Waals surface area contributed by atoms with E-state index in [1.165, 1.54) is 0 Å². The van der Waals surface area contributed by atoms with Crippen molar-refractivity contribution in [3.8, 4) is 0 Å². The average molecular weight is 239 g/mol. The van der Waals surface area contributed by atoms with Gasteiger partial charge in [0.1, 0.15) is 0 Å². The SMILES string of the molecule is CC(C)O.CO[Si](CCCN)(OC)OC. The highest BCUT2D eigenvalue weighted by Gasteiger charge is 2.36. The van der Waals surface area contributed by atoms with Crippen molar-refractivity contribution in [3.05, 3.63) is 0 Å². The van der Waals surface area contributed by atoms with E-state index in [-0.39, 0.29) is 6.10 Å². The lowest BCUT2D eigenvalue weighted by molar-refractivity contribution is 0.123. The Morgan fingerprint density at radius 2 is 1.47 bits per heavy atom. The summed E-state index contributed by atoms with van der Waals surface area (Å²) in [5.41, 5.74) is 5.36. The molecule has 0 fully saturated rings. The molecule has 94 valence electrons. The van der Waals surface area contributed by atoms with Crippen LogP contribution in [0.2, 0.25) is 6.04 Å². The maximum Gasteiger partial charge on any atom is 0.500 e. The van der Waals surface area contributed by atoms with Crippen molar-refractivity contribution < 1.29 is 18.4 Å². The molecule has 0 saturated carbocycles. The maximum absolute atomic E-state index is 8.06. The lowest BCUT2D eigenvalue weighted by Gasteiger charge is -2.23. The smallest absolute Gasteiger partial charge is 0.394 e. The van der Waals surface area contributed by atoms with Crippen molar-refractivity contribution >= 4 is 8.80 Å². The molecule has 0 aliphatic heterocycles. The van der Waals surface area contributed by atoms with Gasteiger partial charge in [-0.1, -0.05) is 0 Å². The van der Waals surface area contributed by atoms with Gasteiger partial charge in [0.15, 0.2) is 0 Å². The van der Waals surface area contributed by atoms with E-state index in [2.05, 4.69) is 0 Å². The molecular weight excluding hydrogens is 214 g/mol. The standard InChI is InChI=1S/C6H17NO3Si.C3H8O/c1-8-11(9-2,10-3)6-4-5-7;1-3(2)4/h4-7H2,1-3H3;3-4H,1-2H3. The monoisotopic (exact) mass is 239 g/mol. The van der Waals surface area contributed by atoms with Gasteiger partial charge in [0, 0.05) is 33.5 Å². The van der Waals surface area contributed by atoms with Crippen molar-refractivity contribution in [3.63, 3.8) is 0 Å². The average Bonchev–Trinajstić information content (AvgIpc) is 2.20. The quantitative estimate of drug-likeness (QED) is 0.664. The minimum Gasteiger partial charge on any atom is -0.394 e. The Kier molecular flexibility index (Phi) is 12.2. The van der Waals surface area contributed by atoms with Crippen LogP contribution in [0.3, 0.4) is 0 Å². The Bertz CT molecular complexity index is 120. The maximum atomic E-state index is 8.06. The number of aliphatic hydroxyl groups excluding tert-OH is 1. The van der Waals surface area contributed by atoms with Crippen LogP contribution in [-0.2, 0) is 13.3 Å². The molecule has 0 atom stereocenters. The van der Waals surface area contributed by atoms with E-state index in [4.69, 9.17) is 24.1 Å². The molecule has 0 amide bonds. The van der Waals surface area contributed by atoms with Gasteiger partial charge in [-0.25, -0.2) is 0 Å². The third-order valence-electron chi connectivity index (χ3n) is 1.62. The van der Waals surface area contributed by atoms with Crippen LogP contribution in [-0.4, -0.2) is 47.9 Å². The highest BCUT2D eigenvalue weighted by atomic mass is 28.4. The summed E-state index contributed by atoms with van der Waals surface area (Å²) in [6.07, 6.45) is 0.710. The molecule has 0 heterocycles. The summed E-state index contributed by atoms with van der Waals surface area (Å²) in [6.45, 7) is 4.09. The van der Waals surface area contributed by atoms with Gasteiger partial charge < -0.3 is 24.1 Å². The summed E-state index contributed by atoms with van der Waals surface area (Å²) >= 11 is 0. The second-order valence-corrected chi connectivity index (χ2v) is 6.37. The number of aliphatic hydroxyl groups is 1. The second kappa shape index (κ2) is 10.5. The summed E-state index contributed by atoms with van der Waals surface area (Å²) in [5, 5.41) is 8.06. The van der Waals surface area contributed by atoms with Gasteiger partial charge in [0.05, 0.1) is 0 Å². The Balaban J connectivity index is 0. The lowest BCUT2D eigenvalue weighted by Crippen LogP contribution is -2.42. The first-order chi connectivity index (χ1) is 6.97. The largest absolute Gasteiger partial charge is 0.500 e. The molecule has 0 spiro atoms. The fourth-order valence-electron chi connectivity index (χ4n) is 0.875. The van der Waals surface area contributed by atoms with Gasteiger partial charge in [0.2, 0.25) is 0 Å². The topological polar surface area (TPSA) is 73.9 Å². The van der Waals surface area contributed by atoms with E-state index in [9.17, 15) is 0 Å². The molecule has 0 radical (unpaired) electrons. The molecule has 5 nitrogen and oxygen atoms in total. The van der Waals surface area contributed by atoms with Crippen LogP contribution in [0.4, 0.5) is 0 Å². The van der Waals surface area contributed by atoms with E-state index in [0.717, 1.165) is 12.5 Å². The summed E-state index contributed by atoms with van der Waals surface area (Å²) in [5.74, 6) is 0. The Labute approximate surface area is 93.9 Å². The normalized spacial score (nSPS) is 11.2. The Hall–Kier alpha value is 0.0169. The van der Waals surface area contributed by atoms with Crippen LogP contribution in [0, 0.1) is 0 Å². The van der Waals surface area contributed by atoms with E-state index < -0.39 is 8.80 Å². The predicted octanol–water partition coefficient (Wildman–Crippen LogP) is 0.600. The molecule has 3 N–H and O–H groups in total. The molecule has 6 heteroatoms. The highest BCUT2D eigenvalue weighted by Crippen LogP contribution is 2.13. The van der Waals surface area contributed by atoms with Crippen molar-refractivity contribution in [1.82, 2.24) is 0 Å². The number of nitrogens with two attached hydrogens (primary N) is 1. The molecule has 0 aromatic heterocycles. The van der Waals surface area contributed by atoms with E-state index in [1.807, 2.05) is 0 Å². The van der Waals surface area contributed by atoms with E-state index in [1.54, 1.807) is 35.2 Å². The minimum absolute atomic E-state index is 0.167. The third-order valence-corrected chi connectivity index (χ3v) is 4.45. The zero-order valence-corrected chi connectivity index (χ0v) is 11.4. The van der Waals surface area contributed by atoms with Crippen molar-refractivity contribution in [1.29, 1.82) is 0 Å². The van der Waals surface area contributed by atoms with Crippen molar-refractivity contribution in [2.24, 2.45) is 5.73 Å². The summed E-state index contributed by atoms with van der Waals surface area (Å²) in [7, 11) is 2.50. The fraction of sp³-hybridized carbons (Fsp3) is 1.00. The first-order valence-corrected chi connectivity index (χ1v) is 6.94. The van der Waals surface area contributed by atoms with Gasteiger partial charge >= 0.3 is 8.80 Å². The molecule has 0 rings (SSSR count). The summed E-state index contributed by atoms with van der Waals surface area (Å²) in [6, 6.07) is 0.785. The Morgan fingerprint density at radius 1 is 1.13 bits per heavy atom. The molecule has 0 unspecified atom stereocenters. The molecule has 0 bridgehead atoms. The molecule has 0 aliphatic carbocycles. The van der Waals surface area contributed by atoms with Crippen LogP contribution in [0.5, 0.6) is 0 Å². The molecule has 0 aromatic carbocycles. The molecule has 0 saturated heterocycles. The van der Waals surface area contributed by atoms with Crippen LogP contribution in [0.15, 0.2) is 0 Å². The van der Waals surface area contributed by atoms with Gasteiger partial charge in [-0.15, -0.1) is 0 Å². The Morgan fingerprint density at radius 3 is 1.67 bits per heavy atom.